The van der Waals surface area contributed by atoms with Gasteiger partial charge in [-0.25, -0.2) is 0 Å². The second-order valence-electron chi connectivity index (χ2n) is 4.61. The molecule has 0 aromatic carbocycles. The lowest BCUT2D eigenvalue weighted by atomic mass is 10.0. The largest absolute Gasteiger partial charge is 0.355 e. The molecule has 2 bridgehead atoms. The van der Waals surface area contributed by atoms with Gasteiger partial charge >= 0.3 is 0 Å². The molecule has 0 aliphatic carbocycles. The minimum Gasteiger partial charge on any atom is -0.355 e. The maximum absolute atomic E-state index is 4.37. The van der Waals surface area contributed by atoms with Gasteiger partial charge in [0.05, 0.1) is 6.54 Å². The summed E-state index contributed by atoms with van der Waals surface area (Å²) in [6, 6.07) is 2.15. The van der Waals surface area contributed by atoms with E-state index in [2.05, 4.69) is 20.9 Å². The molecule has 4 nitrogen and oxygen atoms in total. The monoisotopic (exact) mass is 194 g/mol. The molecule has 0 amide bonds. The Kier molecular flexibility index (Phi) is 2.09. The van der Waals surface area contributed by atoms with E-state index in [0.717, 1.165) is 31.1 Å². The van der Waals surface area contributed by atoms with Crippen molar-refractivity contribution in [2.45, 2.75) is 43.8 Å². The van der Waals surface area contributed by atoms with Crippen molar-refractivity contribution < 1.29 is 0 Å². The molecule has 78 valence electrons. The number of nitrogens with one attached hydrogen (secondary N) is 3. The predicted octanol–water partition coefficient (Wildman–Crippen LogP) is -0.182. The zero-order valence-electron chi connectivity index (χ0n) is 8.42. The van der Waals surface area contributed by atoms with Crippen molar-refractivity contribution in [1.29, 1.82) is 0 Å². The topological polar surface area (TPSA) is 48.4 Å². The molecular formula is C10H18N4. The molecule has 2 unspecified atom stereocenters. The smallest absolute Gasteiger partial charge is 0.191 e. The van der Waals surface area contributed by atoms with Crippen molar-refractivity contribution in [3.8, 4) is 0 Å². The first kappa shape index (κ1) is 8.53. The molecule has 3 heterocycles. The molecule has 3 aliphatic heterocycles. The van der Waals surface area contributed by atoms with Gasteiger partial charge in [0.2, 0.25) is 0 Å². The molecule has 0 spiro atoms. The molecule has 0 aromatic heterocycles. The van der Waals surface area contributed by atoms with E-state index in [1.54, 1.807) is 0 Å². The van der Waals surface area contributed by atoms with Gasteiger partial charge in [-0.3, -0.25) is 4.99 Å². The van der Waals surface area contributed by atoms with Crippen LogP contribution < -0.4 is 16.0 Å². The molecule has 4 heteroatoms. The van der Waals surface area contributed by atoms with Crippen LogP contribution in [0.15, 0.2) is 4.99 Å². The fourth-order valence-electron chi connectivity index (χ4n) is 2.86. The average molecular weight is 194 g/mol. The van der Waals surface area contributed by atoms with Crippen molar-refractivity contribution in [2.75, 3.05) is 13.1 Å². The van der Waals surface area contributed by atoms with Gasteiger partial charge in [0.25, 0.3) is 0 Å². The summed E-state index contributed by atoms with van der Waals surface area (Å²) < 4.78 is 0. The summed E-state index contributed by atoms with van der Waals surface area (Å²) in [5.41, 5.74) is 0. The van der Waals surface area contributed by atoms with Gasteiger partial charge in [0.1, 0.15) is 0 Å². The molecular weight excluding hydrogens is 176 g/mol. The number of hydrogen-bond donors (Lipinski definition) is 3. The number of fused-ring (bicyclic) bond motifs is 2. The molecule has 3 aliphatic rings. The van der Waals surface area contributed by atoms with Crippen LogP contribution in [0.3, 0.4) is 0 Å². The van der Waals surface area contributed by atoms with E-state index >= 15 is 0 Å². The van der Waals surface area contributed by atoms with Gasteiger partial charge in [0.15, 0.2) is 5.96 Å². The minimum absolute atomic E-state index is 0.637. The van der Waals surface area contributed by atoms with E-state index in [1.807, 2.05) is 0 Å². The van der Waals surface area contributed by atoms with Crippen LogP contribution in [0.1, 0.15) is 25.7 Å². The van der Waals surface area contributed by atoms with Crippen LogP contribution in [0.2, 0.25) is 0 Å². The number of piperidine rings is 1. The molecule has 0 aromatic rings. The van der Waals surface area contributed by atoms with Gasteiger partial charge in [-0.1, -0.05) is 0 Å². The normalized spacial score (nSPS) is 40.6. The van der Waals surface area contributed by atoms with Crippen molar-refractivity contribution >= 4 is 5.96 Å². The van der Waals surface area contributed by atoms with E-state index in [4.69, 9.17) is 0 Å². The highest BCUT2D eigenvalue weighted by Crippen LogP contribution is 2.26. The Morgan fingerprint density at radius 2 is 2.00 bits per heavy atom. The highest BCUT2D eigenvalue weighted by atomic mass is 15.2. The van der Waals surface area contributed by atoms with Crippen molar-refractivity contribution in [3.63, 3.8) is 0 Å². The van der Waals surface area contributed by atoms with E-state index < -0.39 is 0 Å². The summed E-state index contributed by atoms with van der Waals surface area (Å²) in [7, 11) is 0. The SMILES string of the molecule is C1CNC(NC2CC3CCC(C2)N3)=N1. The van der Waals surface area contributed by atoms with Crippen LogP contribution in [0, 0.1) is 0 Å². The van der Waals surface area contributed by atoms with Crippen LogP contribution in [-0.2, 0) is 0 Å². The third-order valence-electron chi connectivity index (χ3n) is 3.49. The average Bonchev–Trinajstić information content (AvgIpc) is 2.77. The Bertz CT molecular complexity index is 239. The van der Waals surface area contributed by atoms with Gasteiger partial charge in [-0.2, -0.15) is 0 Å². The van der Waals surface area contributed by atoms with Crippen LogP contribution in [0.4, 0.5) is 0 Å². The Morgan fingerprint density at radius 3 is 2.64 bits per heavy atom. The summed E-state index contributed by atoms with van der Waals surface area (Å²) in [6.45, 7) is 1.93. The first-order chi connectivity index (χ1) is 6.90. The molecule has 3 N–H and O–H groups in total. The molecule has 3 rings (SSSR count). The lowest BCUT2D eigenvalue weighted by molar-refractivity contribution is 0.343. The van der Waals surface area contributed by atoms with Crippen LogP contribution in [0.5, 0.6) is 0 Å². The van der Waals surface area contributed by atoms with E-state index in [9.17, 15) is 0 Å². The Morgan fingerprint density at radius 1 is 1.21 bits per heavy atom. The summed E-state index contributed by atoms with van der Waals surface area (Å²) in [6.07, 6.45) is 5.25. The number of aliphatic imine (C=N–C) groups is 1. The highest BCUT2D eigenvalue weighted by Gasteiger charge is 2.33. The second-order valence-corrected chi connectivity index (χ2v) is 4.61. The quantitative estimate of drug-likeness (QED) is 0.542. The van der Waals surface area contributed by atoms with Crippen LogP contribution in [0.25, 0.3) is 0 Å². The summed E-state index contributed by atoms with van der Waals surface area (Å²) >= 11 is 0. The van der Waals surface area contributed by atoms with Gasteiger partial charge < -0.3 is 16.0 Å². The molecule has 0 saturated carbocycles. The lowest BCUT2D eigenvalue weighted by Gasteiger charge is -2.30. The Hall–Kier alpha value is -0.770. The molecule has 2 atom stereocenters. The lowest BCUT2D eigenvalue weighted by Crippen LogP contribution is -2.50. The van der Waals surface area contributed by atoms with E-state index in [0.29, 0.717) is 6.04 Å². The Balaban J connectivity index is 1.58. The predicted molar refractivity (Wildman–Crippen MR) is 56.4 cm³/mol. The molecule has 0 radical (unpaired) electrons. The Labute approximate surface area is 84.6 Å². The van der Waals surface area contributed by atoms with Crippen molar-refractivity contribution in [1.82, 2.24) is 16.0 Å². The maximum Gasteiger partial charge on any atom is 0.191 e. The van der Waals surface area contributed by atoms with E-state index in [1.165, 1.54) is 25.7 Å². The fourth-order valence-corrected chi connectivity index (χ4v) is 2.86. The van der Waals surface area contributed by atoms with Crippen molar-refractivity contribution in [3.05, 3.63) is 0 Å². The molecule has 14 heavy (non-hydrogen) atoms. The van der Waals surface area contributed by atoms with Gasteiger partial charge in [-0.15, -0.1) is 0 Å². The van der Waals surface area contributed by atoms with Crippen LogP contribution >= 0.6 is 0 Å². The second kappa shape index (κ2) is 3.42. The zero-order valence-corrected chi connectivity index (χ0v) is 8.42. The maximum atomic E-state index is 4.37. The summed E-state index contributed by atoms with van der Waals surface area (Å²) in [5.74, 6) is 1.02. The zero-order chi connectivity index (χ0) is 9.38. The minimum atomic E-state index is 0.637. The summed E-state index contributed by atoms with van der Waals surface area (Å²) in [4.78, 5) is 4.37. The number of hydrogen-bond acceptors (Lipinski definition) is 4. The first-order valence-electron chi connectivity index (χ1n) is 5.71. The fraction of sp³-hybridized carbons (Fsp3) is 0.900. The third kappa shape index (κ3) is 1.59. The number of guanidine groups is 1. The highest BCUT2D eigenvalue weighted by molar-refractivity contribution is 5.81. The van der Waals surface area contributed by atoms with Crippen LogP contribution in [-0.4, -0.2) is 37.2 Å². The van der Waals surface area contributed by atoms with Gasteiger partial charge in [0, 0.05) is 24.7 Å². The number of nitrogens with zero attached hydrogens (tertiary/aromatic N) is 1. The van der Waals surface area contributed by atoms with Crippen molar-refractivity contribution in [2.24, 2.45) is 4.99 Å². The summed E-state index contributed by atoms with van der Waals surface area (Å²) in [5, 5.41) is 10.4. The molecule has 2 fully saturated rings. The number of rotatable bonds is 1. The molecule has 2 saturated heterocycles. The van der Waals surface area contributed by atoms with Gasteiger partial charge in [-0.05, 0) is 25.7 Å². The third-order valence-corrected chi connectivity index (χ3v) is 3.49. The van der Waals surface area contributed by atoms with E-state index in [-0.39, 0.29) is 0 Å². The first-order valence-corrected chi connectivity index (χ1v) is 5.71. The standard InChI is InChI=1S/C10H18N4/c1-2-8-6-9(5-7(1)13-8)14-10-11-3-4-12-10/h7-9,13H,1-6H2,(H2,11,12,14).